The van der Waals surface area contributed by atoms with Crippen LogP contribution in [0.25, 0.3) is 6.08 Å². The molecule has 0 saturated carbocycles. The molecule has 3 nitrogen and oxygen atoms in total. The average molecular weight is 423 g/mol. The van der Waals surface area contributed by atoms with Gasteiger partial charge >= 0.3 is 0 Å². The van der Waals surface area contributed by atoms with Crippen LogP contribution in [0.5, 0.6) is 23.0 Å². The van der Waals surface area contributed by atoms with Gasteiger partial charge in [-0.15, -0.1) is 0 Å². The first-order chi connectivity index (χ1) is 15.6. The van der Waals surface area contributed by atoms with Gasteiger partial charge in [-0.2, -0.15) is 0 Å². The van der Waals surface area contributed by atoms with E-state index in [0.717, 1.165) is 34.8 Å². The van der Waals surface area contributed by atoms with Crippen molar-refractivity contribution in [2.75, 3.05) is 0 Å². The highest BCUT2D eigenvalue weighted by Gasteiger charge is 1.98. The van der Waals surface area contributed by atoms with Crippen molar-refractivity contribution in [1.82, 2.24) is 0 Å². The number of hydrogen-bond acceptors (Lipinski definition) is 3. The number of ether oxygens (including phenoxy) is 2. The lowest BCUT2D eigenvalue weighted by Crippen LogP contribution is -1.85. The molecule has 0 bridgehead atoms. The molecule has 3 heteroatoms. The molecule has 0 amide bonds. The maximum atomic E-state index is 10.5. The lowest BCUT2D eigenvalue weighted by Gasteiger charge is -2.06. The van der Waals surface area contributed by atoms with E-state index in [9.17, 15) is 4.79 Å². The molecule has 0 aromatic heterocycles. The predicted molar refractivity (Wildman–Crippen MR) is 131 cm³/mol. The van der Waals surface area contributed by atoms with Crippen molar-refractivity contribution in [3.8, 4) is 23.0 Å². The lowest BCUT2D eigenvalue weighted by atomic mass is 10.2. The summed E-state index contributed by atoms with van der Waals surface area (Å²) in [5, 5.41) is 0. The fraction of sp³-hybridized carbons (Fsp3) is 0.0690. The van der Waals surface area contributed by atoms with Crippen LogP contribution in [0.1, 0.15) is 27.0 Å². The van der Waals surface area contributed by atoms with Crippen LogP contribution in [0.2, 0.25) is 0 Å². The number of aldehydes is 1. The normalized spacial score (nSPS) is 9.81. The number of benzene rings is 4. The van der Waals surface area contributed by atoms with E-state index >= 15 is 0 Å². The smallest absolute Gasteiger partial charge is 0.150 e. The van der Waals surface area contributed by atoms with Gasteiger partial charge in [0.1, 0.15) is 29.3 Å². The second-order valence-electron chi connectivity index (χ2n) is 7.29. The average Bonchev–Trinajstić information content (AvgIpc) is 2.82. The van der Waals surface area contributed by atoms with E-state index in [4.69, 9.17) is 9.47 Å². The molecule has 0 aliphatic heterocycles. The summed E-state index contributed by atoms with van der Waals surface area (Å²) in [6.45, 7) is 7.80. The zero-order chi connectivity index (χ0) is 22.8. The maximum Gasteiger partial charge on any atom is 0.150 e. The Morgan fingerprint density at radius 1 is 0.594 bits per heavy atom. The van der Waals surface area contributed by atoms with Crippen molar-refractivity contribution in [3.05, 3.63) is 126 Å². The van der Waals surface area contributed by atoms with E-state index in [-0.39, 0.29) is 0 Å². The van der Waals surface area contributed by atoms with E-state index in [0.29, 0.717) is 5.56 Å². The van der Waals surface area contributed by atoms with Crippen molar-refractivity contribution in [2.45, 2.75) is 13.8 Å². The molecule has 0 heterocycles. The minimum absolute atomic E-state index is 0.649. The molecule has 4 rings (SSSR count). The molecule has 0 atom stereocenters. The number of carbonyl (C=O) groups excluding carboxylic acids is 1. The molecule has 0 spiro atoms. The molecule has 0 aliphatic carbocycles. The molecule has 0 aliphatic rings. The van der Waals surface area contributed by atoms with Crippen molar-refractivity contribution in [1.29, 1.82) is 0 Å². The predicted octanol–water partition coefficient (Wildman–Crippen LogP) is 8.03. The fourth-order valence-electron chi connectivity index (χ4n) is 2.84. The zero-order valence-electron chi connectivity index (χ0n) is 18.3. The van der Waals surface area contributed by atoms with Crippen LogP contribution < -0.4 is 9.47 Å². The van der Waals surface area contributed by atoms with Gasteiger partial charge in [-0.3, -0.25) is 4.79 Å². The van der Waals surface area contributed by atoms with Gasteiger partial charge in [-0.05, 0) is 85.6 Å². The summed E-state index contributed by atoms with van der Waals surface area (Å²) in [7, 11) is 0. The quantitative estimate of drug-likeness (QED) is 0.295. The standard InChI is InChI=1S/C15H14O.C14H12O2/c1-3-13-7-9-14(10-8-13)16-15-6-4-5-12(2)11-15;1-11-2-6-13(7-3-11)16-14-8-4-12(10-15)5-9-14/h3-11H,1H2,2H3;2-10H,1H3. The third-order valence-electron chi connectivity index (χ3n) is 4.61. The molecule has 0 saturated heterocycles. The van der Waals surface area contributed by atoms with Crippen LogP contribution >= 0.6 is 0 Å². The second-order valence-corrected chi connectivity index (χ2v) is 7.29. The van der Waals surface area contributed by atoms with Gasteiger partial charge in [0.15, 0.2) is 0 Å². The maximum absolute atomic E-state index is 10.5. The summed E-state index contributed by atoms with van der Waals surface area (Å²) in [5.41, 5.74) is 4.14. The summed E-state index contributed by atoms with van der Waals surface area (Å²) in [4.78, 5) is 10.5. The van der Waals surface area contributed by atoms with Gasteiger partial charge < -0.3 is 9.47 Å². The molecule has 0 fully saturated rings. The summed E-state index contributed by atoms with van der Waals surface area (Å²) in [6.07, 6.45) is 2.63. The molecule has 4 aromatic rings. The van der Waals surface area contributed by atoms with Gasteiger partial charge in [0.25, 0.3) is 0 Å². The Hall–Kier alpha value is -4.11. The highest BCUT2D eigenvalue weighted by atomic mass is 16.5. The van der Waals surface area contributed by atoms with Crippen LogP contribution in [0.3, 0.4) is 0 Å². The van der Waals surface area contributed by atoms with Crippen LogP contribution in [0, 0.1) is 13.8 Å². The molecule has 0 radical (unpaired) electrons. The second kappa shape index (κ2) is 11.3. The number of carbonyl (C=O) groups is 1. The fourth-order valence-corrected chi connectivity index (χ4v) is 2.84. The van der Waals surface area contributed by atoms with Gasteiger partial charge in [-0.1, -0.05) is 54.6 Å². The third-order valence-corrected chi connectivity index (χ3v) is 4.61. The molecule has 0 unspecified atom stereocenters. The zero-order valence-corrected chi connectivity index (χ0v) is 18.3. The Kier molecular flexibility index (Phi) is 7.99. The van der Waals surface area contributed by atoms with Gasteiger partial charge in [0.05, 0.1) is 0 Å². The first-order valence-corrected chi connectivity index (χ1v) is 10.3. The SMILES string of the molecule is C=Cc1ccc(Oc2cccc(C)c2)cc1.Cc1ccc(Oc2ccc(C=O)cc2)cc1. The lowest BCUT2D eigenvalue weighted by molar-refractivity contribution is 0.112. The molecule has 32 heavy (non-hydrogen) atoms. The van der Waals surface area contributed by atoms with E-state index in [1.54, 1.807) is 24.3 Å². The Balaban J connectivity index is 0.000000181. The van der Waals surface area contributed by atoms with E-state index in [1.165, 1.54) is 11.1 Å². The van der Waals surface area contributed by atoms with Crippen LogP contribution in [0.4, 0.5) is 0 Å². The van der Waals surface area contributed by atoms with E-state index < -0.39 is 0 Å². The Morgan fingerprint density at radius 3 is 1.59 bits per heavy atom. The number of aryl methyl sites for hydroxylation is 2. The summed E-state index contributed by atoms with van der Waals surface area (Å²) in [5.74, 6) is 3.24. The van der Waals surface area contributed by atoms with Crippen molar-refractivity contribution in [3.63, 3.8) is 0 Å². The third kappa shape index (κ3) is 6.99. The summed E-state index contributed by atoms with van der Waals surface area (Å²) in [6, 6.07) is 30.7. The van der Waals surface area contributed by atoms with Gasteiger partial charge in [-0.25, -0.2) is 0 Å². The molecular weight excluding hydrogens is 396 g/mol. The topological polar surface area (TPSA) is 35.5 Å². The summed E-state index contributed by atoms with van der Waals surface area (Å²) >= 11 is 0. The monoisotopic (exact) mass is 422 g/mol. The van der Waals surface area contributed by atoms with Crippen LogP contribution in [0.15, 0.2) is 104 Å². The van der Waals surface area contributed by atoms with Crippen molar-refractivity contribution < 1.29 is 14.3 Å². The first-order valence-electron chi connectivity index (χ1n) is 10.3. The van der Waals surface area contributed by atoms with Gasteiger partial charge in [0.2, 0.25) is 0 Å². The van der Waals surface area contributed by atoms with Gasteiger partial charge in [0, 0.05) is 5.56 Å². The minimum atomic E-state index is 0.649. The first kappa shape index (κ1) is 22.6. The highest BCUT2D eigenvalue weighted by molar-refractivity contribution is 5.74. The Bertz CT molecular complexity index is 1140. The number of hydrogen-bond donors (Lipinski definition) is 0. The van der Waals surface area contributed by atoms with Crippen molar-refractivity contribution in [2.24, 2.45) is 0 Å². The van der Waals surface area contributed by atoms with Crippen molar-refractivity contribution >= 4 is 12.4 Å². The summed E-state index contributed by atoms with van der Waals surface area (Å²) < 4.78 is 11.3. The van der Waals surface area contributed by atoms with Crippen LogP contribution in [-0.4, -0.2) is 6.29 Å². The highest BCUT2D eigenvalue weighted by Crippen LogP contribution is 2.23. The molecular formula is C29H26O3. The van der Waals surface area contributed by atoms with E-state index in [1.807, 2.05) is 92.7 Å². The minimum Gasteiger partial charge on any atom is -0.457 e. The van der Waals surface area contributed by atoms with E-state index in [2.05, 4.69) is 6.58 Å². The Morgan fingerprint density at radius 2 is 1.09 bits per heavy atom. The van der Waals surface area contributed by atoms with Crippen LogP contribution in [-0.2, 0) is 0 Å². The largest absolute Gasteiger partial charge is 0.457 e. The molecule has 0 N–H and O–H groups in total. The molecule has 4 aromatic carbocycles. The Labute approximate surface area is 189 Å². The number of rotatable bonds is 6. The molecule has 160 valence electrons.